The van der Waals surface area contributed by atoms with E-state index in [0.29, 0.717) is 16.5 Å². The second-order valence-corrected chi connectivity index (χ2v) is 4.05. The van der Waals surface area contributed by atoms with Crippen LogP contribution in [-0.4, -0.2) is 24.2 Å². The van der Waals surface area contributed by atoms with Gasteiger partial charge in [-0.1, -0.05) is 29.8 Å². The number of hydrogen-bond acceptors (Lipinski definition) is 4. The highest BCUT2D eigenvalue weighted by Gasteiger charge is 2.05. The van der Waals surface area contributed by atoms with Crippen LogP contribution in [0.2, 0.25) is 5.15 Å². The molecule has 1 aromatic carbocycles. The molecule has 0 saturated carbocycles. The summed E-state index contributed by atoms with van der Waals surface area (Å²) in [5.74, 6) is 0.229. The molecule has 0 atom stereocenters. The van der Waals surface area contributed by atoms with Crippen molar-refractivity contribution in [3.05, 3.63) is 59.4 Å². The highest BCUT2D eigenvalue weighted by molar-refractivity contribution is 6.29. The maximum atomic E-state index is 11.6. The molecule has 19 heavy (non-hydrogen) atoms. The van der Waals surface area contributed by atoms with Crippen LogP contribution in [0.15, 0.2) is 48.7 Å². The quantitative estimate of drug-likeness (QED) is 0.479. The van der Waals surface area contributed by atoms with Gasteiger partial charge in [0.2, 0.25) is 0 Å². The predicted octanol–water partition coefficient (Wildman–Crippen LogP) is 2.97. The van der Waals surface area contributed by atoms with Crippen molar-refractivity contribution in [2.45, 2.75) is 0 Å². The molecule has 0 aliphatic rings. The molecule has 1 heterocycles. The number of ether oxygens (including phenoxy) is 2. The number of carbonyl (C=O) groups is 1. The van der Waals surface area contributed by atoms with Gasteiger partial charge in [-0.05, 0) is 18.2 Å². The summed E-state index contributed by atoms with van der Waals surface area (Å²) in [7, 11) is 0. The molecule has 0 aliphatic carbocycles. The van der Waals surface area contributed by atoms with E-state index in [1.165, 1.54) is 0 Å². The number of rotatable bonds is 5. The van der Waals surface area contributed by atoms with Crippen LogP contribution >= 0.6 is 11.6 Å². The first kappa shape index (κ1) is 13.4. The van der Waals surface area contributed by atoms with Crippen LogP contribution in [0.25, 0.3) is 0 Å². The molecule has 0 unspecified atom stereocenters. The molecule has 0 bridgehead atoms. The molecule has 98 valence electrons. The van der Waals surface area contributed by atoms with Gasteiger partial charge in [-0.15, -0.1) is 0 Å². The van der Waals surface area contributed by atoms with Crippen molar-refractivity contribution in [3.8, 4) is 5.75 Å². The SMILES string of the molecule is O=C(OCCOc1ccnc(Cl)c1)c1ccccc1. The third-order valence-electron chi connectivity index (χ3n) is 2.29. The van der Waals surface area contributed by atoms with Crippen molar-refractivity contribution in [1.82, 2.24) is 4.98 Å². The maximum absolute atomic E-state index is 11.6. The molecule has 5 heteroatoms. The molecule has 4 nitrogen and oxygen atoms in total. The van der Waals surface area contributed by atoms with E-state index in [9.17, 15) is 4.79 Å². The first-order chi connectivity index (χ1) is 9.25. The Bertz CT molecular complexity index is 545. The zero-order chi connectivity index (χ0) is 13.5. The van der Waals surface area contributed by atoms with Crippen molar-refractivity contribution in [2.24, 2.45) is 0 Å². The lowest BCUT2D eigenvalue weighted by atomic mass is 10.2. The van der Waals surface area contributed by atoms with E-state index in [1.807, 2.05) is 6.07 Å². The van der Waals surface area contributed by atoms with Crippen LogP contribution in [-0.2, 0) is 4.74 Å². The third kappa shape index (κ3) is 4.26. The number of halogens is 1. The van der Waals surface area contributed by atoms with Gasteiger partial charge in [-0.2, -0.15) is 0 Å². The zero-order valence-corrected chi connectivity index (χ0v) is 10.8. The first-order valence-corrected chi connectivity index (χ1v) is 6.10. The van der Waals surface area contributed by atoms with Crippen LogP contribution < -0.4 is 4.74 Å². The lowest BCUT2D eigenvalue weighted by Crippen LogP contribution is -2.12. The van der Waals surface area contributed by atoms with Crippen molar-refractivity contribution in [1.29, 1.82) is 0 Å². The number of nitrogens with zero attached hydrogens (tertiary/aromatic N) is 1. The van der Waals surface area contributed by atoms with Gasteiger partial charge in [-0.3, -0.25) is 0 Å². The molecule has 1 aromatic heterocycles. The average molecular weight is 278 g/mol. The molecule has 0 aliphatic heterocycles. The fourth-order valence-corrected chi connectivity index (χ4v) is 1.59. The summed E-state index contributed by atoms with van der Waals surface area (Å²) in [6.45, 7) is 0.437. The highest BCUT2D eigenvalue weighted by atomic mass is 35.5. The number of hydrogen-bond donors (Lipinski definition) is 0. The number of esters is 1. The molecule has 0 saturated heterocycles. The van der Waals surface area contributed by atoms with Gasteiger partial charge < -0.3 is 9.47 Å². The van der Waals surface area contributed by atoms with E-state index < -0.39 is 0 Å². The minimum Gasteiger partial charge on any atom is -0.490 e. The van der Waals surface area contributed by atoms with Gasteiger partial charge in [0.1, 0.15) is 24.1 Å². The zero-order valence-electron chi connectivity index (χ0n) is 10.1. The fraction of sp³-hybridized carbons (Fsp3) is 0.143. The summed E-state index contributed by atoms with van der Waals surface area (Å²) >= 11 is 5.71. The van der Waals surface area contributed by atoms with Crippen LogP contribution in [0.4, 0.5) is 0 Å². The number of aromatic nitrogens is 1. The van der Waals surface area contributed by atoms with Gasteiger partial charge >= 0.3 is 5.97 Å². The van der Waals surface area contributed by atoms with E-state index in [4.69, 9.17) is 21.1 Å². The Balaban J connectivity index is 1.74. The Labute approximate surface area is 115 Å². The van der Waals surface area contributed by atoms with Crippen LogP contribution in [0.3, 0.4) is 0 Å². The number of pyridine rings is 1. The fourth-order valence-electron chi connectivity index (χ4n) is 1.43. The summed E-state index contributed by atoms with van der Waals surface area (Å²) in [5, 5.41) is 0.360. The topological polar surface area (TPSA) is 48.4 Å². The van der Waals surface area contributed by atoms with Crippen molar-refractivity contribution < 1.29 is 14.3 Å². The smallest absolute Gasteiger partial charge is 0.338 e. The Hall–Kier alpha value is -2.07. The Morgan fingerprint density at radius 3 is 2.68 bits per heavy atom. The highest BCUT2D eigenvalue weighted by Crippen LogP contribution is 2.14. The van der Waals surface area contributed by atoms with E-state index in [0.717, 1.165) is 0 Å². The summed E-state index contributed by atoms with van der Waals surface area (Å²) in [5.41, 5.74) is 0.523. The number of carbonyl (C=O) groups excluding carboxylic acids is 1. The van der Waals surface area contributed by atoms with Crippen molar-refractivity contribution in [3.63, 3.8) is 0 Å². The number of benzene rings is 1. The second kappa shape index (κ2) is 6.75. The van der Waals surface area contributed by atoms with E-state index in [-0.39, 0.29) is 19.2 Å². The Kier molecular flexibility index (Phi) is 4.75. The van der Waals surface area contributed by atoms with E-state index in [2.05, 4.69) is 4.98 Å². The van der Waals surface area contributed by atoms with Gasteiger partial charge in [0.15, 0.2) is 0 Å². The Morgan fingerprint density at radius 1 is 1.16 bits per heavy atom. The molecule has 0 radical (unpaired) electrons. The molecule has 2 aromatic rings. The van der Waals surface area contributed by atoms with E-state index in [1.54, 1.807) is 42.6 Å². The molecule has 0 fully saturated rings. The van der Waals surface area contributed by atoms with Crippen molar-refractivity contribution in [2.75, 3.05) is 13.2 Å². The summed E-state index contributed by atoms with van der Waals surface area (Å²) < 4.78 is 10.4. The van der Waals surface area contributed by atoms with Crippen molar-refractivity contribution >= 4 is 17.6 Å². The third-order valence-corrected chi connectivity index (χ3v) is 2.50. The monoisotopic (exact) mass is 277 g/mol. The molecular formula is C14H12ClNO3. The lowest BCUT2D eigenvalue weighted by Gasteiger charge is -2.07. The molecule has 2 rings (SSSR count). The molecule has 0 N–H and O–H groups in total. The molecule has 0 amide bonds. The van der Waals surface area contributed by atoms with Gasteiger partial charge in [-0.25, -0.2) is 9.78 Å². The van der Waals surface area contributed by atoms with Gasteiger partial charge in [0.05, 0.1) is 5.56 Å². The summed E-state index contributed by atoms with van der Waals surface area (Å²) in [6.07, 6.45) is 1.55. The van der Waals surface area contributed by atoms with E-state index >= 15 is 0 Å². The lowest BCUT2D eigenvalue weighted by molar-refractivity contribution is 0.0450. The van der Waals surface area contributed by atoms with Crippen LogP contribution in [0, 0.1) is 0 Å². The standard InChI is InChI=1S/C14H12ClNO3/c15-13-10-12(6-7-16-13)18-8-9-19-14(17)11-4-2-1-3-5-11/h1-7,10H,8-9H2. The predicted molar refractivity (Wildman–Crippen MR) is 71.5 cm³/mol. The average Bonchev–Trinajstić information content (AvgIpc) is 2.44. The van der Waals surface area contributed by atoms with Crippen LogP contribution in [0.1, 0.15) is 10.4 Å². The molecular weight excluding hydrogens is 266 g/mol. The van der Waals surface area contributed by atoms with Gasteiger partial charge in [0.25, 0.3) is 0 Å². The maximum Gasteiger partial charge on any atom is 0.338 e. The molecule has 0 spiro atoms. The summed E-state index contributed by atoms with van der Waals surface area (Å²) in [4.78, 5) is 15.4. The second-order valence-electron chi connectivity index (χ2n) is 3.66. The van der Waals surface area contributed by atoms with Gasteiger partial charge in [0, 0.05) is 12.3 Å². The van der Waals surface area contributed by atoms with Crippen LogP contribution in [0.5, 0.6) is 5.75 Å². The Morgan fingerprint density at radius 2 is 1.95 bits per heavy atom. The minimum atomic E-state index is -0.364. The summed E-state index contributed by atoms with van der Waals surface area (Å²) in [6, 6.07) is 12.1. The largest absolute Gasteiger partial charge is 0.490 e. The minimum absolute atomic E-state index is 0.174. The first-order valence-electron chi connectivity index (χ1n) is 5.72. The normalized spacial score (nSPS) is 9.95.